The molecule has 0 unspecified atom stereocenters. The van der Waals surface area contributed by atoms with Crippen LogP contribution in [0.15, 0.2) is 62.7 Å². The molecule has 0 radical (unpaired) electrons. The number of rotatable bonds is 6. The zero-order chi connectivity index (χ0) is 16.3. The number of fused-ring (bicyclic) bond motifs is 1. The van der Waals surface area contributed by atoms with Gasteiger partial charge in [0, 0.05) is 17.6 Å². The Morgan fingerprint density at radius 2 is 1.83 bits per heavy atom. The Morgan fingerprint density at radius 1 is 1.09 bits per heavy atom. The maximum absolute atomic E-state index is 11.8. The molecule has 0 saturated heterocycles. The normalized spacial score (nSPS) is 11.9. The van der Waals surface area contributed by atoms with E-state index in [4.69, 9.17) is 4.42 Å². The first-order valence-corrected chi connectivity index (χ1v) is 10.2. The molecular weight excluding hydrogens is 330 g/mol. The second kappa shape index (κ2) is 6.76. The first-order chi connectivity index (χ1) is 11.0. The van der Waals surface area contributed by atoms with Crippen LogP contribution in [0.1, 0.15) is 12.3 Å². The number of sulfone groups is 1. The minimum Gasteiger partial charge on any atom is -0.441 e. The van der Waals surface area contributed by atoms with E-state index in [0.29, 0.717) is 4.90 Å². The lowest BCUT2D eigenvalue weighted by Crippen LogP contribution is -1.99. The third-order valence-electron chi connectivity index (χ3n) is 3.38. The first-order valence-electron chi connectivity index (χ1n) is 7.30. The maximum Gasteiger partial charge on any atom is 0.195 e. The molecule has 0 spiro atoms. The highest BCUT2D eigenvalue weighted by Crippen LogP contribution is 2.27. The van der Waals surface area contributed by atoms with Gasteiger partial charge < -0.3 is 4.42 Å². The summed E-state index contributed by atoms with van der Waals surface area (Å²) in [5.74, 6) is 1.54. The number of nitrogens with zero attached hydrogens (tertiary/aromatic N) is 1. The number of hydrogen-bond donors (Lipinski definition) is 0. The summed E-state index contributed by atoms with van der Waals surface area (Å²) < 4.78 is 29.2. The van der Waals surface area contributed by atoms with Crippen LogP contribution < -0.4 is 0 Å². The van der Waals surface area contributed by atoms with Crippen LogP contribution in [0.3, 0.4) is 0 Å². The van der Waals surface area contributed by atoms with Crippen molar-refractivity contribution < 1.29 is 12.8 Å². The Labute approximate surface area is 139 Å². The smallest absolute Gasteiger partial charge is 0.195 e. The third-order valence-corrected chi connectivity index (χ3v) is 5.82. The van der Waals surface area contributed by atoms with Gasteiger partial charge in [-0.25, -0.2) is 13.4 Å². The molecule has 120 valence electrons. The highest BCUT2D eigenvalue weighted by Gasteiger charge is 2.12. The van der Waals surface area contributed by atoms with Crippen molar-refractivity contribution in [2.24, 2.45) is 0 Å². The first kappa shape index (κ1) is 16.1. The van der Waals surface area contributed by atoms with Crippen LogP contribution >= 0.6 is 11.8 Å². The molecule has 0 aliphatic rings. The average molecular weight is 347 g/mol. The van der Waals surface area contributed by atoms with E-state index in [0.717, 1.165) is 40.5 Å². The van der Waals surface area contributed by atoms with E-state index in [9.17, 15) is 8.42 Å². The third kappa shape index (κ3) is 3.95. The van der Waals surface area contributed by atoms with Crippen molar-refractivity contribution in [2.75, 3.05) is 12.0 Å². The lowest BCUT2D eigenvalue weighted by Gasteiger charge is -2.06. The number of para-hydroxylation sites is 2. The summed E-state index contributed by atoms with van der Waals surface area (Å²) in [6.07, 6.45) is 2.85. The van der Waals surface area contributed by atoms with Gasteiger partial charge in [-0.1, -0.05) is 24.3 Å². The highest BCUT2D eigenvalue weighted by atomic mass is 32.2. The molecule has 3 rings (SSSR count). The minimum absolute atomic E-state index is 0.395. The minimum atomic E-state index is -3.19. The molecule has 6 heteroatoms. The molecule has 0 N–H and O–H groups in total. The van der Waals surface area contributed by atoms with Crippen LogP contribution in [0.5, 0.6) is 0 Å². The van der Waals surface area contributed by atoms with Gasteiger partial charge in [-0.2, -0.15) is 0 Å². The Morgan fingerprint density at radius 3 is 2.61 bits per heavy atom. The number of aryl methyl sites for hydroxylation is 1. The van der Waals surface area contributed by atoms with Gasteiger partial charge in [0.25, 0.3) is 0 Å². The molecule has 0 aliphatic carbocycles. The number of oxazole rings is 1. The fourth-order valence-corrected chi connectivity index (χ4v) is 4.59. The summed E-state index contributed by atoms with van der Waals surface area (Å²) >= 11 is 1.55. The summed E-state index contributed by atoms with van der Waals surface area (Å²) in [5, 5.41) is 0. The van der Waals surface area contributed by atoms with Crippen molar-refractivity contribution in [2.45, 2.75) is 22.6 Å². The van der Waals surface area contributed by atoms with Crippen molar-refractivity contribution >= 4 is 32.7 Å². The Kier molecular flexibility index (Phi) is 4.73. The van der Waals surface area contributed by atoms with Gasteiger partial charge in [0.2, 0.25) is 0 Å². The summed E-state index contributed by atoms with van der Waals surface area (Å²) in [6, 6.07) is 14.8. The second-order valence-electron chi connectivity index (χ2n) is 5.25. The van der Waals surface area contributed by atoms with Crippen molar-refractivity contribution in [3.05, 3.63) is 54.4 Å². The summed E-state index contributed by atoms with van der Waals surface area (Å²) in [4.78, 5) is 5.64. The van der Waals surface area contributed by atoms with Crippen molar-refractivity contribution in [1.82, 2.24) is 4.98 Å². The van der Waals surface area contributed by atoms with Crippen molar-refractivity contribution in [3.8, 4) is 0 Å². The largest absolute Gasteiger partial charge is 0.441 e. The van der Waals surface area contributed by atoms with E-state index in [2.05, 4.69) is 4.98 Å². The summed E-state index contributed by atoms with van der Waals surface area (Å²) in [5.41, 5.74) is 1.68. The van der Waals surface area contributed by atoms with E-state index < -0.39 is 9.84 Å². The molecule has 0 aliphatic heterocycles. The van der Waals surface area contributed by atoms with Crippen LogP contribution in [0.4, 0.5) is 0 Å². The summed E-state index contributed by atoms with van der Waals surface area (Å²) in [6.45, 7) is 0. The summed E-state index contributed by atoms with van der Waals surface area (Å²) in [7, 11) is -3.19. The van der Waals surface area contributed by atoms with Crippen LogP contribution in [0, 0.1) is 0 Å². The molecule has 0 saturated carbocycles. The van der Waals surface area contributed by atoms with E-state index in [1.54, 1.807) is 23.9 Å². The molecule has 3 aromatic rings. The second-order valence-corrected chi connectivity index (χ2v) is 8.37. The van der Waals surface area contributed by atoms with Gasteiger partial charge in [0.1, 0.15) is 5.52 Å². The standard InChI is InChI=1S/C17H17NO3S2/c1-23(19,20)16-10-5-4-9-15(16)22-12-6-11-17-18-13-7-2-3-8-14(13)21-17/h2-5,7-10H,6,11-12H2,1H3. The predicted octanol–water partition coefficient (Wildman–Crippen LogP) is 3.96. The van der Waals surface area contributed by atoms with E-state index in [1.807, 2.05) is 36.4 Å². The van der Waals surface area contributed by atoms with E-state index in [1.165, 1.54) is 6.26 Å². The van der Waals surface area contributed by atoms with Gasteiger partial charge in [0.15, 0.2) is 21.3 Å². The molecule has 1 heterocycles. The Hall–Kier alpha value is -1.79. The monoisotopic (exact) mass is 347 g/mol. The molecule has 2 aromatic carbocycles. The number of thioether (sulfide) groups is 1. The van der Waals surface area contributed by atoms with Gasteiger partial charge in [-0.15, -0.1) is 11.8 Å². The molecular formula is C17H17NO3S2. The molecule has 0 atom stereocenters. The molecule has 4 nitrogen and oxygen atoms in total. The quantitative estimate of drug-likeness (QED) is 0.499. The molecule has 23 heavy (non-hydrogen) atoms. The van der Waals surface area contributed by atoms with Gasteiger partial charge in [-0.3, -0.25) is 0 Å². The lowest BCUT2D eigenvalue weighted by atomic mass is 10.3. The Balaban J connectivity index is 1.60. The SMILES string of the molecule is CS(=O)(=O)c1ccccc1SCCCc1nc2ccccc2o1. The van der Waals surface area contributed by atoms with E-state index >= 15 is 0 Å². The van der Waals surface area contributed by atoms with Crippen LogP contribution in [0.2, 0.25) is 0 Å². The van der Waals surface area contributed by atoms with Crippen LogP contribution in [-0.4, -0.2) is 25.4 Å². The number of benzene rings is 2. The highest BCUT2D eigenvalue weighted by molar-refractivity contribution is 8.00. The number of aromatic nitrogens is 1. The van der Waals surface area contributed by atoms with Crippen molar-refractivity contribution in [3.63, 3.8) is 0 Å². The van der Waals surface area contributed by atoms with E-state index in [-0.39, 0.29) is 0 Å². The topological polar surface area (TPSA) is 60.2 Å². The molecule has 1 aromatic heterocycles. The van der Waals surface area contributed by atoms with Gasteiger partial charge in [0.05, 0.1) is 4.90 Å². The Bertz CT molecular complexity index is 883. The van der Waals surface area contributed by atoms with Crippen LogP contribution in [0.25, 0.3) is 11.1 Å². The zero-order valence-corrected chi connectivity index (χ0v) is 14.4. The lowest BCUT2D eigenvalue weighted by molar-refractivity contribution is 0.526. The molecule has 0 fully saturated rings. The number of hydrogen-bond acceptors (Lipinski definition) is 5. The average Bonchev–Trinajstić information content (AvgIpc) is 2.94. The predicted molar refractivity (Wildman–Crippen MR) is 92.6 cm³/mol. The van der Waals surface area contributed by atoms with Gasteiger partial charge in [-0.05, 0) is 36.4 Å². The molecule has 0 bridgehead atoms. The van der Waals surface area contributed by atoms with Gasteiger partial charge >= 0.3 is 0 Å². The fourth-order valence-electron chi connectivity index (χ4n) is 2.31. The van der Waals surface area contributed by atoms with Crippen molar-refractivity contribution in [1.29, 1.82) is 0 Å². The maximum atomic E-state index is 11.8. The van der Waals surface area contributed by atoms with Crippen LogP contribution in [-0.2, 0) is 16.3 Å². The fraction of sp³-hybridized carbons (Fsp3) is 0.235. The molecule has 0 amide bonds. The zero-order valence-electron chi connectivity index (χ0n) is 12.7.